The fourth-order valence-corrected chi connectivity index (χ4v) is 3.34. The minimum Gasteiger partial charge on any atom is -0.309 e. The van der Waals surface area contributed by atoms with E-state index in [1.807, 2.05) is 0 Å². The fourth-order valence-electron chi connectivity index (χ4n) is 3.34. The summed E-state index contributed by atoms with van der Waals surface area (Å²) >= 11 is 0. The summed E-state index contributed by atoms with van der Waals surface area (Å²) < 4.78 is 2.13. The third kappa shape index (κ3) is 3.23. The van der Waals surface area contributed by atoms with E-state index >= 15 is 0 Å². The third-order valence-electron chi connectivity index (χ3n) is 4.82. The maximum atomic E-state index is 4.62. The van der Waals surface area contributed by atoms with Gasteiger partial charge in [-0.1, -0.05) is 19.8 Å². The zero-order valence-electron chi connectivity index (χ0n) is 13.6. The van der Waals surface area contributed by atoms with Crippen molar-refractivity contribution in [2.75, 3.05) is 20.6 Å². The van der Waals surface area contributed by atoms with E-state index < -0.39 is 0 Å². The highest BCUT2D eigenvalue weighted by atomic mass is 15.3. The van der Waals surface area contributed by atoms with Crippen LogP contribution in [-0.2, 0) is 19.5 Å². The Balaban J connectivity index is 1.93. The molecule has 2 rings (SSSR count). The first-order valence-corrected chi connectivity index (χ1v) is 8.05. The molecular formula is C16H30N4. The van der Waals surface area contributed by atoms with Crippen molar-refractivity contribution >= 4 is 0 Å². The molecule has 0 unspecified atom stereocenters. The average Bonchev–Trinajstić information content (AvgIpc) is 3.06. The number of nitrogens with zero attached hydrogens (tertiary/aromatic N) is 3. The zero-order valence-corrected chi connectivity index (χ0v) is 13.6. The highest BCUT2D eigenvalue weighted by molar-refractivity contribution is 5.10. The molecule has 0 saturated heterocycles. The van der Waals surface area contributed by atoms with Crippen LogP contribution in [0.1, 0.15) is 50.9 Å². The highest BCUT2D eigenvalue weighted by Crippen LogP contribution is 2.33. The molecule has 0 aliphatic heterocycles. The van der Waals surface area contributed by atoms with Gasteiger partial charge in [0.1, 0.15) is 0 Å². The molecule has 0 radical (unpaired) electrons. The standard InChI is InChI=1S/C16H30N4/c1-5-14-11-15(20(6-2)18-14)12-17-13-16(19(3)4)9-7-8-10-16/h11,17H,5-10,12-13H2,1-4H3. The Morgan fingerprint density at radius 3 is 2.55 bits per heavy atom. The van der Waals surface area contributed by atoms with Crippen molar-refractivity contribution in [2.45, 2.75) is 64.6 Å². The van der Waals surface area contributed by atoms with E-state index in [2.05, 4.69) is 54.0 Å². The minimum atomic E-state index is 0.366. The van der Waals surface area contributed by atoms with E-state index in [1.54, 1.807) is 0 Å². The normalized spacial score (nSPS) is 18.1. The molecule has 0 atom stereocenters. The lowest BCUT2D eigenvalue weighted by molar-refractivity contribution is 0.153. The van der Waals surface area contributed by atoms with E-state index in [-0.39, 0.29) is 0 Å². The van der Waals surface area contributed by atoms with Gasteiger partial charge in [0.25, 0.3) is 0 Å². The molecule has 1 aromatic heterocycles. The number of rotatable bonds is 7. The molecule has 0 aromatic carbocycles. The van der Waals surface area contributed by atoms with Crippen LogP contribution in [-0.4, -0.2) is 40.9 Å². The SMILES string of the molecule is CCc1cc(CNCC2(N(C)C)CCCC2)n(CC)n1. The molecule has 1 aliphatic rings. The van der Waals surface area contributed by atoms with Gasteiger partial charge in [0.15, 0.2) is 0 Å². The molecule has 0 spiro atoms. The Labute approximate surface area is 123 Å². The molecule has 1 fully saturated rings. The van der Waals surface area contributed by atoms with Crippen LogP contribution in [0.4, 0.5) is 0 Å². The fraction of sp³-hybridized carbons (Fsp3) is 0.812. The first-order valence-electron chi connectivity index (χ1n) is 8.05. The Kier molecular flexibility index (Phi) is 5.22. The topological polar surface area (TPSA) is 33.1 Å². The van der Waals surface area contributed by atoms with Crippen molar-refractivity contribution in [3.8, 4) is 0 Å². The van der Waals surface area contributed by atoms with Crippen molar-refractivity contribution in [2.24, 2.45) is 0 Å². The number of hydrogen-bond acceptors (Lipinski definition) is 3. The Morgan fingerprint density at radius 2 is 2.00 bits per heavy atom. The molecule has 1 aliphatic carbocycles. The molecule has 1 N–H and O–H groups in total. The molecule has 4 nitrogen and oxygen atoms in total. The Bertz CT molecular complexity index is 416. The van der Waals surface area contributed by atoms with Gasteiger partial charge in [-0.15, -0.1) is 0 Å². The van der Waals surface area contributed by atoms with Gasteiger partial charge in [0.2, 0.25) is 0 Å². The molecule has 1 aromatic rings. The maximum absolute atomic E-state index is 4.62. The summed E-state index contributed by atoms with van der Waals surface area (Å²) in [6.45, 7) is 7.29. The second kappa shape index (κ2) is 6.72. The van der Waals surface area contributed by atoms with Gasteiger partial charge in [0.05, 0.1) is 11.4 Å². The van der Waals surface area contributed by atoms with Crippen LogP contribution >= 0.6 is 0 Å². The Morgan fingerprint density at radius 1 is 1.30 bits per heavy atom. The van der Waals surface area contributed by atoms with Crippen LogP contribution in [0.25, 0.3) is 0 Å². The van der Waals surface area contributed by atoms with Crippen LogP contribution in [0.5, 0.6) is 0 Å². The molecule has 114 valence electrons. The third-order valence-corrected chi connectivity index (χ3v) is 4.82. The van der Waals surface area contributed by atoms with Gasteiger partial charge < -0.3 is 10.2 Å². The quantitative estimate of drug-likeness (QED) is 0.831. The predicted octanol–water partition coefficient (Wildman–Crippen LogP) is 2.43. The molecule has 4 heteroatoms. The summed E-state index contributed by atoms with van der Waals surface area (Å²) in [6, 6.07) is 2.24. The van der Waals surface area contributed by atoms with E-state index in [4.69, 9.17) is 0 Å². The van der Waals surface area contributed by atoms with E-state index in [0.29, 0.717) is 5.54 Å². The van der Waals surface area contributed by atoms with Gasteiger partial charge in [-0.05, 0) is 46.3 Å². The summed E-state index contributed by atoms with van der Waals surface area (Å²) in [6.07, 6.45) is 6.39. The molecule has 0 bridgehead atoms. The lowest BCUT2D eigenvalue weighted by Crippen LogP contribution is -2.49. The van der Waals surface area contributed by atoms with E-state index in [9.17, 15) is 0 Å². The summed E-state index contributed by atoms with van der Waals surface area (Å²) in [5.41, 5.74) is 2.88. The van der Waals surface area contributed by atoms with Crippen molar-refractivity contribution in [3.05, 3.63) is 17.5 Å². The highest BCUT2D eigenvalue weighted by Gasteiger charge is 2.35. The van der Waals surface area contributed by atoms with Gasteiger partial charge in [-0.2, -0.15) is 5.10 Å². The van der Waals surface area contributed by atoms with E-state index in [1.165, 1.54) is 37.1 Å². The van der Waals surface area contributed by atoms with Gasteiger partial charge in [-0.3, -0.25) is 4.68 Å². The molecule has 0 amide bonds. The van der Waals surface area contributed by atoms with Crippen LogP contribution in [0, 0.1) is 0 Å². The summed E-state index contributed by atoms with van der Waals surface area (Å²) in [5, 5.41) is 8.29. The monoisotopic (exact) mass is 278 g/mol. The average molecular weight is 278 g/mol. The van der Waals surface area contributed by atoms with Crippen molar-refractivity contribution in [3.63, 3.8) is 0 Å². The smallest absolute Gasteiger partial charge is 0.0625 e. The van der Waals surface area contributed by atoms with Crippen LogP contribution in [0.2, 0.25) is 0 Å². The molecule has 1 saturated carbocycles. The first kappa shape index (κ1) is 15.5. The van der Waals surface area contributed by atoms with Crippen LogP contribution in [0.15, 0.2) is 6.07 Å². The first-order chi connectivity index (χ1) is 9.61. The second-order valence-electron chi connectivity index (χ2n) is 6.23. The van der Waals surface area contributed by atoms with Crippen molar-refractivity contribution < 1.29 is 0 Å². The molecule has 20 heavy (non-hydrogen) atoms. The van der Waals surface area contributed by atoms with Gasteiger partial charge >= 0.3 is 0 Å². The van der Waals surface area contributed by atoms with Crippen molar-refractivity contribution in [1.29, 1.82) is 0 Å². The van der Waals surface area contributed by atoms with Gasteiger partial charge in [0, 0.05) is 25.2 Å². The van der Waals surface area contributed by atoms with Crippen molar-refractivity contribution in [1.82, 2.24) is 20.0 Å². The summed E-state index contributed by atoms with van der Waals surface area (Å²) in [4.78, 5) is 2.42. The van der Waals surface area contributed by atoms with Crippen LogP contribution in [0.3, 0.4) is 0 Å². The lowest BCUT2D eigenvalue weighted by Gasteiger charge is -2.36. The molecule has 1 heterocycles. The maximum Gasteiger partial charge on any atom is 0.0625 e. The number of aromatic nitrogens is 2. The summed E-state index contributed by atoms with van der Waals surface area (Å²) in [7, 11) is 4.44. The second-order valence-corrected chi connectivity index (χ2v) is 6.23. The number of aryl methyl sites for hydroxylation is 2. The predicted molar refractivity (Wildman–Crippen MR) is 83.9 cm³/mol. The summed E-state index contributed by atoms with van der Waals surface area (Å²) in [5.74, 6) is 0. The lowest BCUT2D eigenvalue weighted by atomic mass is 9.96. The largest absolute Gasteiger partial charge is 0.309 e. The van der Waals surface area contributed by atoms with Crippen LogP contribution < -0.4 is 5.32 Å². The zero-order chi connectivity index (χ0) is 14.6. The van der Waals surface area contributed by atoms with Gasteiger partial charge in [-0.25, -0.2) is 0 Å². The number of likely N-dealkylation sites (N-methyl/N-ethyl adjacent to an activating group) is 1. The van der Waals surface area contributed by atoms with E-state index in [0.717, 1.165) is 26.1 Å². The number of hydrogen-bond donors (Lipinski definition) is 1. The Hall–Kier alpha value is -0.870. The minimum absolute atomic E-state index is 0.366. The number of nitrogens with one attached hydrogen (secondary N) is 1. The molecular weight excluding hydrogens is 248 g/mol.